The van der Waals surface area contributed by atoms with Gasteiger partial charge in [-0.05, 0) is 6.92 Å². The SMILES string of the molecule is CCn1cc(Cn2ncnc2CCl)cn1. The molecule has 0 N–H and O–H groups in total. The van der Waals surface area contributed by atoms with Gasteiger partial charge in [0.25, 0.3) is 0 Å². The predicted octanol–water partition coefficient (Wildman–Crippen LogP) is 1.28. The number of alkyl halides is 1. The predicted molar refractivity (Wildman–Crippen MR) is 56.6 cm³/mol. The lowest BCUT2D eigenvalue weighted by Gasteiger charge is -2.00. The van der Waals surface area contributed by atoms with Crippen LogP contribution in [0.15, 0.2) is 18.7 Å². The molecule has 2 heterocycles. The van der Waals surface area contributed by atoms with Crippen LogP contribution < -0.4 is 0 Å². The van der Waals surface area contributed by atoms with E-state index in [4.69, 9.17) is 11.6 Å². The number of nitrogens with zero attached hydrogens (tertiary/aromatic N) is 5. The summed E-state index contributed by atoms with van der Waals surface area (Å²) in [5, 5.41) is 8.29. The standard InChI is InChI=1S/C9H12ClN5/c1-2-14-5-8(4-12-14)6-15-9(3-10)11-7-13-15/h4-5,7H,2-3,6H2,1H3. The third-order valence-corrected chi connectivity index (χ3v) is 2.40. The summed E-state index contributed by atoms with van der Waals surface area (Å²) in [6.07, 6.45) is 5.35. The lowest BCUT2D eigenvalue weighted by molar-refractivity contribution is 0.646. The number of rotatable bonds is 4. The normalized spacial score (nSPS) is 10.8. The van der Waals surface area contributed by atoms with Gasteiger partial charge in [-0.1, -0.05) is 0 Å². The lowest BCUT2D eigenvalue weighted by atomic mass is 10.3. The maximum absolute atomic E-state index is 5.73. The fourth-order valence-electron chi connectivity index (χ4n) is 1.36. The van der Waals surface area contributed by atoms with Crippen LogP contribution in [0.3, 0.4) is 0 Å². The van der Waals surface area contributed by atoms with Crippen LogP contribution in [-0.2, 0) is 19.0 Å². The minimum Gasteiger partial charge on any atom is -0.273 e. The van der Waals surface area contributed by atoms with Gasteiger partial charge in [-0.25, -0.2) is 9.67 Å². The van der Waals surface area contributed by atoms with Crippen LogP contribution in [-0.4, -0.2) is 24.5 Å². The number of halogens is 1. The fraction of sp³-hybridized carbons (Fsp3) is 0.444. The number of aryl methyl sites for hydroxylation is 1. The van der Waals surface area contributed by atoms with Gasteiger partial charge in [0.2, 0.25) is 0 Å². The van der Waals surface area contributed by atoms with Crippen molar-refractivity contribution in [2.75, 3.05) is 0 Å². The summed E-state index contributed by atoms with van der Waals surface area (Å²) in [4.78, 5) is 4.05. The first-order valence-corrected chi connectivity index (χ1v) is 5.31. The molecule has 2 aromatic rings. The summed E-state index contributed by atoms with van der Waals surface area (Å²) in [5.41, 5.74) is 1.11. The Kier molecular flexibility index (Phi) is 3.01. The van der Waals surface area contributed by atoms with Gasteiger partial charge in [-0.15, -0.1) is 11.6 Å². The quantitative estimate of drug-likeness (QED) is 0.737. The van der Waals surface area contributed by atoms with E-state index in [2.05, 4.69) is 22.1 Å². The molecule has 0 aromatic carbocycles. The fourth-order valence-corrected chi connectivity index (χ4v) is 1.56. The zero-order valence-corrected chi connectivity index (χ0v) is 9.22. The topological polar surface area (TPSA) is 48.5 Å². The molecule has 0 aliphatic rings. The Morgan fingerprint density at radius 1 is 1.40 bits per heavy atom. The van der Waals surface area contributed by atoms with Gasteiger partial charge in [0.05, 0.1) is 18.6 Å². The van der Waals surface area contributed by atoms with E-state index in [9.17, 15) is 0 Å². The Morgan fingerprint density at radius 3 is 2.93 bits per heavy atom. The van der Waals surface area contributed by atoms with Gasteiger partial charge in [-0.2, -0.15) is 10.2 Å². The van der Waals surface area contributed by atoms with Crippen molar-refractivity contribution in [2.45, 2.75) is 25.9 Å². The first-order chi connectivity index (χ1) is 7.33. The highest BCUT2D eigenvalue weighted by Gasteiger charge is 2.04. The van der Waals surface area contributed by atoms with E-state index in [1.165, 1.54) is 6.33 Å². The Balaban J connectivity index is 2.14. The van der Waals surface area contributed by atoms with Crippen molar-refractivity contribution < 1.29 is 0 Å². The van der Waals surface area contributed by atoms with Crippen LogP contribution in [0, 0.1) is 0 Å². The van der Waals surface area contributed by atoms with Crippen molar-refractivity contribution in [1.82, 2.24) is 24.5 Å². The summed E-state index contributed by atoms with van der Waals surface area (Å²) in [7, 11) is 0. The molecule has 0 fully saturated rings. The summed E-state index contributed by atoms with van der Waals surface area (Å²) >= 11 is 5.73. The molecular weight excluding hydrogens is 214 g/mol. The average molecular weight is 226 g/mol. The second-order valence-corrected chi connectivity index (χ2v) is 3.44. The van der Waals surface area contributed by atoms with Crippen molar-refractivity contribution in [3.05, 3.63) is 30.1 Å². The highest BCUT2D eigenvalue weighted by molar-refractivity contribution is 6.16. The molecule has 0 spiro atoms. The van der Waals surface area contributed by atoms with Crippen LogP contribution in [0.1, 0.15) is 18.3 Å². The summed E-state index contributed by atoms with van der Waals surface area (Å²) in [6.45, 7) is 3.60. The molecule has 0 saturated carbocycles. The first-order valence-electron chi connectivity index (χ1n) is 4.77. The molecule has 6 heteroatoms. The largest absolute Gasteiger partial charge is 0.273 e. The maximum Gasteiger partial charge on any atom is 0.142 e. The van der Waals surface area contributed by atoms with Crippen LogP contribution >= 0.6 is 11.6 Å². The smallest absolute Gasteiger partial charge is 0.142 e. The molecule has 0 radical (unpaired) electrons. The molecule has 0 unspecified atom stereocenters. The highest BCUT2D eigenvalue weighted by Crippen LogP contribution is 2.04. The van der Waals surface area contributed by atoms with Crippen LogP contribution in [0.25, 0.3) is 0 Å². The van der Waals surface area contributed by atoms with E-state index in [1.54, 1.807) is 4.68 Å². The van der Waals surface area contributed by atoms with Gasteiger partial charge in [0.1, 0.15) is 12.2 Å². The minimum absolute atomic E-state index is 0.377. The van der Waals surface area contributed by atoms with E-state index < -0.39 is 0 Å². The Hall–Kier alpha value is -1.36. The zero-order valence-electron chi connectivity index (χ0n) is 8.47. The summed E-state index contributed by atoms with van der Waals surface area (Å²) in [5.74, 6) is 1.16. The van der Waals surface area contributed by atoms with Crippen molar-refractivity contribution in [3.63, 3.8) is 0 Å². The van der Waals surface area contributed by atoms with E-state index in [1.807, 2.05) is 17.1 Å². The van der Waals surface area contributed by atoms with Crippen LogP contribution in [0.5, 0.6) is 0 Å². The molecule has 0 bridgehead atoms. The number of aromatic nitrogens is 5. The highest BCUT2D eigenvalue weighted by atomic mass is 35.5. The molecule has 0 aliphatic heterocycles. The van der Waals surface area contributed by atoms with E-state index in [0.29, 0.717) is 12.4 Å². The monoisotopic (exact) mass is 225 g/mol. The molecule has 0 saturated heterocycles. The molecule has 5 nitrogen and oxygen atoms in total. The average Bonchev–Trinajstić information content (AvgIpc) is 2.87. The van der Waals surface area contributed by atoms with Crippen LogP contribution in [0.2, 0.25) is 0 Å². The molecule has 2 aromatic heterocycles. The van der Waals surface area contributed by atoms with Crippen molar-refractivity contribution in [2.24, 2.45) is 0 Å². The first kappa shape index (κ1) is 10.2. The third-order valence-electron chi connectivity index (χ3n) is 2.16. The molecule has 0 amide bonds. The van der Waals surface area contributed by atoms with Gasteiger partial charge in [0, 0.05) is 18.3 Å². The molecule has 0 atom stereocenters. The lowest BCUT2D eigenvalue weighted by Crippen LogP contribution is -2.05. The molecule has 0 aliphatic carbocycles. The van der Waals surface area contributed by atoms with Crippen LogP contribution in [0.4, 0.5) is 0 Å². The third kappa shape index (κ3) is 2.18. The molecule has 2 rings (SSSR count). The van der Waals surface area contributed by atoms with Gasteiger partial charge in [0.15, 0.2) is 0 Å². The van der Waals surface area contributed by atoms with Crippen molar-refractivity contribution >= 4 is 11.6 Å². The van der Waals surface area contributed by atoms with Gasteiger partial charge >= 0.3 is 0 Å². The summed E-state index contributed by atoms with van der Waals surface area (Å²) < 4.78 is 3.66. The molecule has 15 heavy (non-hydrogen) atoms. The Morgan fingerprint density at radius 2 is 2.27 bits per heavy atom. The maximum atomic E-state index is 5.73. The van der Waals surface area contributed by atoms with Crippen molar-refractivity contribution in [1.29, 1.82) is 0 Å². The van der Waals surface area contributed by atoms with Crippen molar-refractivity contribution in [3.8, 4) is 0 Å². The Labute approximate surface area is 92.7 Å². The number of hydrogen-bond acceptors (Lipinski definition) is 3. The zero-order chi connectivity index (χ0) is 10.7. The van der Waals surface area contributed by atoms with Gasteiger partial charge < -0.3 is 0 Å². The van der Waals surface area contributed by atoms with E-state index >= 15 is 0 Å². The second-order valence-electron chi connectivity index (χ2n) is 3.17. The van der Waals surface area contributed by atoms with E-state index in [0.717, 1.165) is 17.9 Å². The summed E-state index contributed by atoms with van der Waals surface area (Å²) in [6, 6.07) is 0. The molecular formula is C9H12ClN5. The molecule has 80 valence electrons. The minimum atomic E-state index is 0.377. The van der Waals surface area contributed by atoms with E-state index in [-0.39, 0.29) is 0 Å². The second kappa shape index (κ2) is 4.44. The Bertz CT molecular complexity index is 433. The number of hydrogen-bond donors (Lipinski definition) is 0. The van der Waals surface area contributed by atoms with Gasteiger partial charge in [-0.3, -0.25) is 4.68 Å².